The van der Waals surface area contributed by atoms with Gasteiger partial charge in [-0.3, -0.25) is 4.79 Å². The second-order valence-corrected chi connectivity index (χ2v) is 7.37. The van der Waals surface area contributed by atoms with Gasteiger partial charge >= 0.3 is 0 Å². The lowest BCUT2D eigenvalue weighted by Crippen LogP contribution is -2.28. The van der Waals surface area contributed by atoms with Crippen molar-refractivity contribution in [1.29, 1.82) is 0 Å². The predicted octanol–water partition coefficient (Wildman–Crippen LogP) is 3.61. The van der Waals surface area contributed by atoms with Crippen molar-refractivity contribution in [2.45, 2.75) is 26.8 Å². The number of halogens is 1. The molecule has 4 rings (SSSR count). The quantitative estimate of drug-likeness (QED) is 0.531. The molecule has 152 valence electrons. The van der Waals surface area contributed by atoms with E-state index in [1.165, 1.54) is 6.33 Å². The molecule has 0 aliphatic carbocycles. The van der Waals surface area contributed by atoms with Crippen LogP contribution in [0.3, 0.4) is 0 Å². The molecular formula is C21H20ClN7O. The zero-order valence-electron chi connectivity index (χ0n) is 16.7. The molecule has 4 aromatic rings. The zero-order valence-corrected chi connectivity index (χ0v) is 17.5. The Bertz CT molecular complexity index is 1180. The molecule has 0 bridgehead atoms. The van der Waals surface area contributed by atoms with Crippen molar-refractivity contribution in [2.24, 2.45) is 0 Å². The lowest BCUT2D eigenvalue weighted by Gasteiger charge is -2.15. The van der Waals surface area contributed by atoms with E-state index < -0.39 is 0 Å². The first-order valence-corrected chi connectivity index (χ1v) is 9.76. The molecule has 0 fully saturated rings. The highest BCUT2D eigenvalue weighted by molar-refractivity contribution is 6.33. The summed E-state index contributed by atoms with van der Waals surface area (Å²) in [4.78, 5) is 21.3. The van der Waals surface area contributed by atoms with Gasteiger partial charge in [0.15, 0.2) is 5.82 Å². The molecule has 0 spiro atoms. The summed E-state index contributed by atoms with van der Waals surface area (Å²) >= 11 is 6.26. The number of aromatic nitrogens is 6. The Hall–Kier alpha value is -3.52. The standard InChI is InChI=1S/C21H20ClN7O/c1-13-10-14(2)29(27-13)19-9-8-18(22)20(26-19)21(30)25-15(3)16-4-6-17(7-5-16)28-12-23-11-24-28/h4-12,15H,1-3H3,(H,25,30). The summed E-state index contributed by atoms with van der Waals surface area (Å²) in [6.45, 7) is 5.74. The van der Waals surface area contributed by atoms with Gasteiger partial charge in [0.05, 0.1) is 22.4 Å². The minimum Gasteiger partial charge on any atom is -0.344 e. The number of hydrogen-bond acceptors (Lipinski definition) is 5. The van der Waals surface area contributed by atoms with Crippen molar-refractivity contribution >= 4 is 17.5 Å². The highest BCUT2D eigenvalue weighted by Gasteiger charge is 2.18. The second-order valence-electron chi connectivity index (χ2n) is 6.97. The van der Waals surface area contributed by atoms with Crippen LogP contribution < -0.4 is 5.32 Å². The third-order valence-electron chi connectivity index (χ3n) is 4.70. The average molecular weight is 422 g/mol. The molecule has 1 amide bonds. The van der Waals surface area contributed by atoms with E-state index in [1.54, 1.807) is 27.8 Å². The van der Waals surface area contributed by atoms with Crippen LogP contribution in [0.1, 0.15) is 40.4 Å². The minimum absolute atomic E-state index is 0.160. The number of hydrogen-bond donors (Lipinski definition) is 1. The average Bonchev–Trinajstić information content (AvgIpc) is 3.38. The van der Waals surface area contributed by atoms with Gasteiger partial charge < -0.3 is 5.32 Å². The summed E-state index contributed by atoms with van der Waals surface area (Å²) in [6.07, 6.45) is 3.11. The number of nitrogens with one attached hydrogen (secondary N) is 1. The zero-order chi connectivity index (χ0) is 21.3. The maximum absolute atomic E-state index is 12.9. The highest BCUT2D eigenvalue weighted by atomic mass is 35.5. The summed E-state index contributed by atoms with van der Waals surface area (Å²) in [5.74, 6) is 0.191. The number of benzene rings is 1. The van der Waals surface area contributed by atoms with Crippen LogP contribution in [0, 0.1) is 13.8 Å². The fraction of sp³-hybridized carbons (Fsp3) is 0.190. The topological polar surface area (TPSA) is 90.5 Å². The van der Waals surface area contributed by atoms with Crippen molar-refractivity contribution in [3.63, 3.8) is 0 Å². The molecule has 0 saturated carbocycles. The van der Waals surface area contributed by atoms with Crippen molar-refractivity contribution in [3.05, 3.63) is 82.8 Å². The molecule has 1 aromatic carbocycles. The van der Waals surface area contributed by atoms with Gasteiger partial charge in [-0.05, 0) is 56.7 Å². The van der Waals surface area contributed by atoms with Crippen molar-refractivity contribution in [2.75, 3.05) is 0 Å². The van der Waals surface area contributed by atoms with E-state index in [4.69, 9.17) is 11.6 Å². The Labute approximate surface area is 178 Å². The molecule has 1 unspecified atom stereocenters. The molecule has 1 N–H and O–H groups in total. The molecule has 30 heavy (non-hydrogen) atoms. The van der Waals surface area contributed by atoms with Gasteiger partial charge in [-0.15, -0.1) is 0 Å². The summed E-state index contributed by atoms with van der Waals surface area (Å²) in [5.41, 5.74) is 3.79. The van der Waals surface area contributed by atoms with Crippen LogP contribution in [0.4, 0.5) is 0 Å². The van der Waals surface area contributed by atoms with Crippen molar-refractivity contribution in [3.8, 4) is 11.5 Å². The number of amides is 1. The summed E-state index contributed by atoms with van der Waals surface area (Å²) in [7, 11) is 0. The van der Waals surface area contributed by atoms with Gasteiger partial charge in [-0.25, -0.2) is 19.3 Å². The number of pyridine rings is 1. The molecule has 9 heteroatoms. The van der Waals surface area contributed by atoms with Crippen LogP contribution in [0.15, 0.2) is 55.1 Å². The summed E-state index contributed by atoms with van der Waals surface area (Å²) < 4.78 is 3.36. The van der Waals surface area contributed by atoms with Crippen LogP contribution >= 0.6 is 11.6 Å². The van der Waals surface area contributed by atoms with Crippen LogP contribution in [0.2, 0.25) is 5.02 Å². The summed E-state index contributed by atoms with van der Waals surface area (Å²) in [5, 5.41) is 11.8. The molecule has 3 heterocycles. The molecule has 0 radical (unpaired) electrons. The van der Waals surface area contributed by atoms with Crippen LogP contribution in [0.25, 0.3) is 11.5 Å². The van der Waals surface area contributed by atoms with Gasteiger partial charge in [-0.1, -0.05) is 23.7 Å². The molecule has 0 saturated heterocycles. The molecule has 0 aliphatic heterocycles. The van der Waals surface area contributed by atoms with Crippen LogP contribution in [-0.2, 0) is 0 Å². The molecule has 0 aliphatic rings. The monoisotopic (exact) mass is 421 g/mol. The van der Waals surface area contributed by atoms with Crippen molar-refractivity contribution < 1.29 is 4.79 Å². The molecule has 3 aromatic heterocycles. The first kappa shape index (κ1) is 19.8. The van der Waals surface area contributed by atoms with Gasteiger partial charge in [0.1, 0.15) is 18.3 Å². The van der Waals surface area contributed by atoms with E-state index in [1.807, 2.05) is 51.1 Å². The fourth-order valence-electron chi connectivity index (χ4n) is 3.18. The van der Waals surface area contributed by atoms with E-state index in [9.17, 15) is 4.79 Å². The van der Waals surface area contributed by atoms with Crippen molar-refractivity contribution in [1.82, 2.24) is 34.8 Å². The number of nitrogens with zero attached hydrogens (tertiary/aromatic N) is 6. The minimum atomic E-state index is -0.351. The molecule has 1 atom stereocenters. The largest absolute Gasteiger partial charge is 0.344 e. The third kappa shape index (κ3) is 3.95. The number of rotatable bonds is 5. The lowest BCUT2D eigenvalue weighted by molar-refractivity contribution is 0.0935. The maximum atomic E-state index is 12.9. The van der Waals surface area contributed by atoms with Gasteiger partial charge in [0.2, 0.25) is 0 Å². The third-order valence-corrected chi connectivity index (χ3v) is 5.00. The highest BCUT2D eigenvalue weighted by Crippen LogP contribution is 2.20. The Morgan fingerprint density at radius 1 is 1.13 bits per heavy atom. The Morgan fingerprint density at radius 3 is 2.53 bits per heavy atom. The van der Waals surface area contributed by atoms with E-state index in [0.29, 0.717) is 5.82 Å². The number of aryl methyl sites for hydroxylation is 2. The Kier molecular flexibility index (Phi) is 5.33. The van der Waals surface area contributed by atoms with Gasteiger partial charge in [0, 0.05) is 5.69 Å². The SMILES string of the molecule is Cc1cc(C)n(-c2ccc(Cl)c(C(=O)NC(C)c3ccc(-n4cncn4)cc3)n2)n1. The van der Waals surface area contributed by atoms with Crippen LogP contribution in [-0.4, -0.2) is 35.4 Å². The smallest absolute Gasteiger partial charge is 0.271 e. The second kappa shape index (κ2) is 8.08. The number of carbonyl (C=O) groups excluding carboxylic acids is 1. The van der Waals surface area contributed by atoms with Crippen LogP contribution in [0.5, 0.6) is 0 Å². The summed E-state index contributed by atoms with van der Waals surface area (Å²) in [6, 6.07) is 12.8. The molecular weight excluding hydrogens is 402 g/mol. The van der Waals surface area contributed by atoms with E-state index in [2.05, 4.69) is 25.5 Å². The fourth-order valence-corrected chi connectivity index (χ4v) is 3.37. The lowest BCUT2D eigenvalue weighted by atomic mass is 10.1. The molecule has 8 nitrogen and oxygen atoms in total. The normalized spacial score (nSPS) is 12.0. The first-order valence-electron chi connectivity index (χ1n) is 9.38. The Morgan fingerprint density at radius 2 is 1.90 bits per heavy atom. The van der Waals surface area contributed by atoms with Gasteiger partial charge in [0.25, 0.3) is 5.91 Å². The maximum Gasteiger partial charge on any atom is 0.271 e. The van der Waals surface area contributed by atoms with E-state index in [0.717, 1.165) is 22.6 Å². The van der Waals surface area contributed by atoms with E-state index >= 15 is 0 Å². The predicted molar refractivity (Wildman–Crippen MR) is 113 cm³/mol. The van der Waals surface area contributed by atoms with E-state index in [-0.39, 0.29) is 22.7 Å². The number of carbonyl (C=O) groups is 1. The Balaban J connectivity index is 1.53. The first-order chi connectivity index (χ1) is 14.4. The van der Waals surface area contributed by atoms with Gasteiger partial charge in [-0.2, -0.15) is 10.2 Å².